The van der Waals surface area contributed by atoms with Crippen molar-refractivity contribution in [2.75, 3.05) is 10.6 Å². The highest BCUT2D eigenvalue weighted by molar-refractivity contribution is 5.94. The van der Waals surface area contributed by atoms with Gasteiger partial charge in [-0.05, 0) is 31.0 Å². The molecule has 0 spiro atoms. The summed E-state index contributed by atoms with van der Waals surface area (Å²) in [6, 6.07) is 9.36. The van der Waals surface area contributed by atoms with Gasteiger partial charge in [-0.1, -0.05) is 0 Å². The molecule has 148 valence electrons. The second-order valence-corrected chi connectivity index (χ2v) is 6.95. The third-order valence-electron chi connectivity index (χ3n) is 4.68. The van der Waals surface area contributed by atoms with Crippen LogP contribution in [0.1, 0.15) is 28.9 Å². The molecule has 1 amide bonds. The topological polar surface area (TPSA) is 152 Å². The number of anilines is 3. The third kappa shape index (κ3) is 3.26. The molecule has 1 saturated carbocycles. The van der Waals surface area contributed by atoms with E-state index in [0.29, 0.717) is 40.1 Å². The van der Waals surface area contributed by atoms with E-state index in [1.807, 2.05) is 6.07 Å². The zero-order chi connectivity index (χ0) is 20.7. The molecule has 5 rings (SSSR count). The smallest absolute Gasteiger partial charge is 0.248 e. The molecular weight excluding hydrogens is 384 g/mol. The maximum absolute atomic E-state index is 11.8. The second kappa shape index (κ2) is 6.85. The van der Waals surface area contributed by atoms with Crippen molar-refractivity contribution in [3.05, 3.63) is 54.4 Å². The van der Waals surface area contributed by atoms with Crippen LogP contribution in [0.2, 0.25) is 0 Å². The van der Waals surface area contributed by atoms with Gasteiger partial charge in [0.05, 0.1) is 17.6 Å². The van der Waals surface area contributed by atoms with Crippen molar-refractivity contribution in [1.82, 2.24) is 29.4 Å². The van der Waals surface area contributed by atoms with Crippen LogP contribution in [0.25, 0.3) is 11.3 Å². The molecule has 1 aliphatic carbocycles. The molecular formula is C19H16N10O. The normalized spacial score (nSPS) is 13.2. The van der Waals surface area contributed by atoms with Crippen LogP contribution in [-0.2, 0) is 0 Å². The van der Waals surface area contributed by atoms with Crippen LogP contribution < -0.4 is 16.4 Å². The van der Waals surface area contributed by atoms with E-state index in [-0.39, 0.29) is 0 Å². The first-order valence-corrected chi connectivity index (χ1v) is 9.23. The Hall–Kier alpha value is -4.46. The molecule has 0 radical (unpaired) electrons. The van der Waals surface area contributed by atoms with E-state index in [1.54, 1.807) is 18.2 Å². The van der Waals surface area contributed by atoms with E-state index in [2.05, 4.69) is 36.9 Å². The molecule has 3 heterocycles. The average Bonchev–Trinajstić information content (AvgIpc) is 3.22. The number of nitriles is 1. The van der Waals surface area contributed by atoms with Gasteiger partial charge >= 0.3 is 0 Å². The van der Waals surface area contributed by atoms with Crippen molar-refractivity contribution in [2.45, 2.75) is 18.9 Å². The number of nitrogens with one attached hydrogen (secondary N) is 2. The van der Waals surface area contributed by atoms with Crippen molar-refractivity contribution in [2.24, 2.45) is 5.73 Å². The first-order chi connectivity index (χ1) is 14.6. The summed E-state index contributed by atoms with van der Waals surface area (Å²) < 4.78 is 3.02. The number of hydrogen-bond donors (Lipinski definition) is 3. The van der Waals surface area contributed by atoms with Crippen molar-refractivity contribution in [3.8, 4) is 11.8 Å². The van der Waals surface area contributed by atoms with Crippen LogP contribution in [0, 0.1) is 11.3 Å². The van der Waals surface area contributed by atoms with E-state index in [9.17, 15) is 10.1 Å². The first-order valence-electron chi connectivity index (χ1n) is 9.23. The Morgan fingerprint density at radius 3 is 2.83 bits per heavy atom. The summed E-state index contributed by atoms with van der Waals surface area (Å²) in [4.78, 5) is 20.1. The summed E-state index contributed by atoms with van der Waals surface area (Å²) in [5.74, 6) is -0.0906. The Morgan fingerprint density at radius 1 is 1.27 bits per heavy atom. The molecule has 4 aromatic rings. The Balaban J connectivity index is 1.58. The highest BCUT2D eigenvalue weighted by atomic mass is 16.1. The van der Waals surface area contributed by atoms with E-state index in [1.165, 1.54) is 28.0 Å². The molecule has 1 aliphatic rings. The van der Waals surface area contributed by atoms with Gasteiger partial charge < -0.3 is 16.4 Å². The van der Waals surface area contributed by atoms with Crippen molar-refractivity contribution in [3.63, 3.8) is 0 Å². The average molecular weight is 400 g/mol. The van der Waals surface area contributed by atoms with Gasteiger partial charge in [-0.3, -0.25) is 4.79 Å². The minimum atomic E-state index is -0.569. The molecule has 1 fully saturated rings. The summed E-state index contributed by atoms with van der Waals surface area (Å²) in [5.41, 5.74) is 8.68. The Morgan fingerprint density at radius 2 is 2.13 bits per heavy atom. The van der Waals surface area contributed by atoms with Gasteiger partial charge in [0.25, 0.3) is 0 Å². The molecule has 0 atom stereocenters. The molecule has 1 aromatic carbocycles. The quantitative estimate of drug-likeness (QED) is 0.441. The number of nitrogens with two attached hydrogens (primary N) is 1. The number of rotatable bonds is 6. The molecule has 3 aromatic heterocycles. The van der Waals surface area contributed by atoms with Crippen molar-refractivity contribution >= 4 is 28.7 Å². The van der Waals surface area contributed by atoms with E-state index in [4.69, 9.17) is 5.73 Å². The van der Waals surface area contributed by atoms with Gasteiger partial charge in [0.1, 0.15) is 18.7 Å². The van der Waals surface area contributed by atoms with Crippen LogP contribution in [0.15, 0.2) is 43.1 Å². The predicted molar refractivity (Wildman–Crippen MR) is 108 cm³/mol. The van der Waals surface area contributed by atoms with Crippen LogP contribution in [0.3, 0.4) is 0 Å². The van der Waals surface area contributed by atoms with Gasteiger partial charge in [-0.15, -0.1) is 5.10 Å². The van der Waals surface area contributed by atoms with Crippen molar-refractivity contribution < 1.29 is 4.79 Å². The Bertz CT molecular complexity index is 1300. The molecule has 0 bridgehead atoms. The van der Waals surface area contributed by atoms with Crippen LogP contribution in [-0.4, -0.2) is 41.3 Å². The highest BCUT2D eigenvalue weighted by Gasteiger charge is 2.23. The zero-order valence-corrected chi connectivity index (χ0v) is 15.6. The Kier molecular flexibility index (Phi) is 4.03. The number of benzene rings is 1. The highest BCUT2D eigenvalue weighted by Crippen LogP contribution is 2.29. The van der Waals surface area contributed by atoms with Gasteiger partial charge in [0.15, 0.2) is 17.2 Å². The summed E-state index contributed by atoms with van der Waals surface area (Å²) in [6.45, 7) is 0. The standard InChI is InChI=1S/C19H16N10O/c20-7-15-8-23-19-16(25-12-1-2-12)6-17(27-29(15)19)26-13-3-11(18(21)30)4-14(5-13)28-10-22-9-24-28/h3-6,8-10,12,25H,1-2H2,(H2,21,30)(H,26,27). The number of hydrogen-bond acceptors (Lipinski definition) is 8. The van der Waals surface area contributed by atoms with Crippen LogP contribution >= 0.6 is 0 Å². The number of carbonyl (C=O) groups excluding carboxylic acids is 1. The minimum absolute atomic E-state index is 0.309. The number of aromatic nitrogens is 6. The molecule has 4 N–H and O–H groups in total. The first kappa shape index (κ1) is 17.6. The lowest BCUT2D eigenvalue weighted by atomic mass is 10.1. The van der Waals surface area contributed by atoms with Crippen LogP contribution in [0.5, 0.6) is 0 Å². The van der Waals surface area contributed by atoms with Gasteiger partial charge in [0, 0.05) is 23.4 Å². The molecule has 11 heteroatoms. The predicted octanol–water partition coefficient (Wildman–Crippen LogP) is 1.60. The minimum Gasteiger partial charge on any atom is -0.379 e. The fourth-order valence-corrected chi connectivity index (χ4v) is 3.11. The lowest BCUT2D eigenvalue weighted by molar-refractivity contribution is 0.100. The van der Waals surface area contributed by atoms with E-state index < -0.39 is 5.91 Å². The molecule has 0 unspecified atom stereocenters. The Labute approximate surface area is 170 Å². The van der Waals surface area contributed by atoms with Gasteiger partial charge in [-0.25, -0.2) is 14.6 Å². The lowest BCUT2D eigenvalue weighted by Crippen LogP contribution is -2.12. The number of imidazole rings is 1. The molecule has 30 heavy (non-hydrogen) atoms. The molecule has 0 saturated heterocycles. The van der Waals surface area contributed by atoms with Gasteiger partial charge in [0.2, 0.25) is 5.91 Å². The zero-order valence-electron chi connectivity index (χ0n) is 15.6. The number of fused-ring (bicyclic) bond motifs is 1. The largest absolute Gasteiger partial charge is 0.379 e. The summed E-state index contributed by atoms with van der Waals surface area (Å²) in [6.07, 6.45) is 6.59. The second-order valence-electron chi connectivity index (χ2n) is 6.95. The molecule has 11 nitrogen and oxygen atoms in total. The number of amides is 1. The van der Waals surface area contributed by atoms with Gasteiger partial charge in [-0.2, -0.15) is 14.9 Å². The summed E-state index contributed by atoms with van der Waals surface area (Å²) >= 11 is 0. The maximum Gasteiger partial charge on any atom is 0.248 e. The monoisotopic (exact) mass is 400 g/mol. The summed E-state index contributed by atoms with van der Waals surface area (Å²) in [5, 5.41) is 24.6. The lowest BCUT2D eigenvalue weighted by Gasteiger charge is -2.13. The number of nitrogens with zero attached hydrogens (tertiary/aromatic N) is 7. The van der Waals surface area contributed by atoms with Crippen molar-refractivity contribution in [1.29, 1.82) is 5.26 Å². The maximum atomic E-state index is 11.8. The third-order valence-corrected chi connectivity index (χ3v) is 4.68. The van der Waals surface area contributed by atoms with E-state index >= 15 is 0 Å². The fourth-order valence-electron chi connectivity index (χ4n) is 3.11. The fraction of sp³-hybridized carbons (Fsp3) is 0.158. The SMILES string of the molecule is N#Cc1cnc2c(NC3CC3)cc(Nc3cc(C(N)=O)cc(-n4cncn4)c3)nn12. The molecule has 0 aliphatic heterocycles. The van der Waals surface area contributed by atoms with E-state index in [0.717, 1.165) is 18.5 Å². The summed E-state index contributed by atoms with van der Waals surface area (Å²) in [7, 11) is 0. The van der Waals surface area contributed by atoms with Crippen LogP contribution in [0.4, 0.5) is 17.2 Å². The number of carbonyl (C=O) groups is 1. The number of primary amides is 1.